The zero-order valence-electron chi connectivity index (χ0n) is 16.1. The number of hydrogen-bond acceptors (Lipinski definition) is 5. The van der Waals surface area contributed by atoms with Gasteiger partial charge < -0.3 is 9.72 Å². The average molecular weight is 411 g/mol. The van der Waals surface area contributed by atoms with Crippen molar-refractivity contribution in [2.24, 2.45) is 0 Å². The zero-order chi connectivity index (χ0) is 20.5. The number of ether oxygens (including phenoxy) is 1. The van der Waals surface area contributed by atoms with Crippen LogP contribution in [0.1, 0.15) is 0 Å². The predicted octanol–water partition coefficient (Wildman–Crippen LogP) is 5.39. The van der Waals surface area contributed by atoms with Crippen LogP contribution in [0.15, 0.2) is 83.1 Å². The fourth-order valence-corrected chi connectivity index (χ4v) is 4.14. The molecule has 0 saturated heterocycles. The van der Waals surface area contributed by atoms with Gasteiger partial charge in [-0.1, -0.05) is 72.0 Å². The summed E-state index contributed by atoms with van der Waals surface area (Å²) in [4.78, 5) is 25.0. The molecule has 0 spiro atoms. The van der Waals surface area contributed by atoms with E-state index in [0.29, 0.717) is 16.1 Å². The summed E-state index contributed by atoms with van der Waals surface area (Å²) in [6.45, 7) is 0. The molecule has 30 heavy (non-hydrogen) atoms. The minimum absolute atomic E-state index is 0.180. The Hall–Kier alpha value is -3.77. The number of H-pyrrole nitrogens is 1. The molecule has 2 aromatic carbocycles. The van der Waals surface area contributed by atoms with Gasteiger partial charge in [-0.25, -0.2) is 9.97 Å². The number of nitrogens with zero attached hydrogens (tertiary/aromatic N) is 2. The monoisotopic (exact) mass is 411 g/mol. The first-order valence-electron chi connectivity index (χ1n) is 9.42. The number of fused-ring (bicyclic) bond motifs is 1. The molecule has 0 fully saturated rings. The van der Waals surface area contributed by atoms with Crippen LogP contribution >= 0.6 is 11.3 Å². The molecular formula is C24H17N3O2S. The van der Waals surface area contributed by atoms with E-state index in [-0.39, 0.29) is 5.56 Å². The molecule has 0 amide bonds. The average Bonchev–Trinajstić information content (AvgIpc) is 3.29. The fourth-order valence-electron chi connectivity index (χ4n) is 3.50. The van der Waals surface area contributed by atoms with E-state index in [1.54, 1.807) is 13.3 Å². The van der Waals surface area contributed by atoms with Crippen molar-refractivity contribution in [2.45, 2.75) is 0 Å². The van der Waals surface area contributed by atoms with Crippen LogP contribution in [-0.2, 0) is 0 Å². The number of methoxy groups -OCH3 is 1. The maximum absolute atomic E-state index is 12.7. The van der Waals surface area contributed by atoms with Crippen LogP contribution in [0.4, 0.5) is 0 Å². The predicted molar refractivity (Wildman–Crippen MR) is 121 cm³/mol. The molecule has 5 nitrogen and oxygen atoms in total. The molecule has 0 radical (unpaired) electrons. The largest absolute Gasteiger partial charge is 0.473 e. The number of pyridine rings is 2. The van der Waals surface area contributed by atoms with Crippen LogP contribution in [-0.4, -0.2) is 22.1 Å². The van der Waals surface area contributed by atoms with Crippen LogP contribution in [0.2, 0.25) is 0 Å². The quantitative estimate of drug-likeness (QED) is 0.431. The van der Waals surface area contributed by atoms with Crippen molar-refractivity contribution in [1.82, 2.24) is 15.0 Å². The Bertz CT molecular complexity index is 1390. The molecule has 0 saturated carbocycles. The lowest BCUT2D eigenvalue weighted by atomic mass is 9.97. The first-order chi connectivity index (χ1) is 14.7. The van der Waals surface area contributed by atoms with Gasteiger partial charge in [-0.15, -0.1) is 0 Å². The molecule has 0 aliphatic carbocycles. The van der Waals surface area contributed by atoms with E-state index in [9.17, 15) is 4.79 Å². The van der Waals surface area contributed by atoms with Crippen LogP contribution in [0.5, 0.6) is 5.19 Å². The number of aromatic nitrogens is 3. The van der Waals surface area contributed by atoms with Crippen molar-refractivity contribution < 1.29 is 4.74 Å². The molecule has 5 rings (SSSR count). The molecular weight excluding hydrogens is 394 g/mol. The lowest BCUT2D eigenvalue weighted by molar-refractivity contribution is 0.412. The van der Waals surface area contributed by atoms with Gasteiger partial charge in [0.25, 0.3) is 10.8 Å². The van der Waals surface area contributed by atoms with Gasteiger partial charge in [-0.3, -0.25) is 4.79 Å². The third-order valence-corrected chi connectivity index (χ3v) is 5.74. The second-order valence-electron chi connectivity index (χ2n) is 6.75. The van der Waals surface area contributed by atoms with Crippen molar-refractivity contribution in [3.8, 4) is 38.8 Å². The van der Waals surface area contributed by atoms with Gasteiger partial charge in [-0.2, -0.15) is 0 Å². The highest BCUT2D eigenvalue weighted by Crippen LogP contribution is 2.36. The molecule has 0 bridgehead atoms. The van der Waals surface area contributed by atoms with E-state index in [1.807, 2.05) is 72.1 Å². The summed E-state index contributed by atoms with van der Waals surface area (Å²) in [5.74, 6) is 0. The first-order valence-corrected chi connectivity index (χ1v) is 10.3. The van der Waals surface area contributed by atoms with Crippen LogP contribution in [0, 0.1) is 0 Å². The van der Waals surface area contributed by atoms with E-state index < -0.39 is 0 Å². The number of thiazole rings is 1. The van der Waals surface area contributed by atoms with Gasteiger partial charge in [0.05, 0.1) is 29.4 Å². The van der Waals surface area contributed by atoms with Crippen molar-refractivity contribution in [3.05, 3.63) is 88.7 Å². The van der Waals surface area contributed by atoms with Crippen LogP contribution in [0.3, 0.4) is 0 Å². The summed E-state index contributed by atoms with van der Waals surface area (Å²) in [5.41, 5.74) is 5.64. The number of benzene rings is 2. The Morgan fingerprint density at radius 1 is 0.900 bits per heavy atom. The second kappa shape index (κ2) is 7.57. The molecule has 146 valence electrons. The van der Waals surface area contributed by atoms with Gasteiger partial charge in [0, 0.05) is 28.3 Å². The minimum atomic E-state index is -0.180. The number of rotatable bonds is 4. The highest BCUT2D eigenvalue weighted by atomic mass is 32.1. The molecule has 6 heteroatoms. The Balaban J connectivity index is 1.85. The fraction of sp³-hybridized carbons (Fsp3) is 0.0417. The van der Waals surface area contributed by atoms with Gasteiger partial charge in [0.15, 0.2) is 0 Å². The van der Waals surface area contributed by atoms with Crippen molar-refractivity contribution >= 4 is 22.2 Å². The Labute approximate surface area is 176 Å². The molecule has 0 atom stereocenters. The number of aromatic amines is 1. The summed E-state index contributed by atoms with van der Waals surface area (Å²) in [6, 6.07) is 21.9. The standard InChI is InChI=1S/C24H17N3O2S/c1-29-24-26-20(14-30-24)19-13-25-23(28)18-12-17(15-8-4-2-5-9-15)21(27-22(18)19)16-10-6-3-7-11-16/h2-14H,1H3,(H,25,28). The van der Waals surface area contributed by atoms with Crippen molar-refractivity contribution in [1.29, 1.82) is 0 Å². The van der Waals surface area contributed by atoms with E-state index >= 15 is 0 Å². The normalized spacial score (nSPS) is 11.0. The van der Waals surface area contributed by atoms with Gasteiger partial charge in [0.2, 0.25) is 0 Å². The second-order valence-corrected chi connectivity index (χ2v) is 7.57. The summed E-state index contributed by atoms with van der Waals surface area (Å²) in [7, 11) is 1.59. The summed E-state index contributed by atoms with van der Waals surface area (Å²) < 4.78 is 5.24. The van der Waals surface area contributed by atoms with E-state index in [1.165, 1.54) is 11.3 Å². The third kappa shape index (κ3) is 3.17. The topological polar surface area (TPSA) is 67.9 Å². The van der Waals surface area contributed by atoms with Crippen LogP contribution in [0.25, 0.3) is 44.5 Å². The molecule has 3 heterocycles. The van der Waals surface area contributed by atoms with Gasteiger partial charge in [-0.05, 0) is 11.6 Å². The highest BCUT2D eigenvalue weighted by Gasteiger charge is 2.17. The Morgan fingerprint density at radius 2 is 1.60 bits per heavy atom. The minimum Gasteiger partial charge on any atom is -0.473 e. The molecule has 0 aliphatic rings. The maximum atomic E-state index is 12.7. The molecule has 1 N–H and O–H groups in total. The maximum Gasteiger partial charge on any atom is 0.273 e. The summed E-state index contributed by atoms with van der Waals surface area (Å²) in [5, 5.41) is 2.99. The first kappa shape index (κ1) is 18.3. The SMILES string of the molecule is COc1nc(-c2c[nH]c(=O)c3cc(-c4ccccc4)c(-c4ccccc4)nc23)cs1. The van der Waals surface area contributed by atoms with Crippen LogP contribution < -0.4 is 10.3 Å². The van der Waals surface area contributed by atoms with Crippen molar-refractivity contribution in [3.63, 3.8) is 0 Å². The Kier molecular flexibility index (Phi) is 4.61. The number of nitrogens with one attached hydrogen (secondary N) is 1. The smallest absolute Gasteiger partial charge is 0.273 e. The van der Waals surface area contributed by atoms with Gasteiger partial charge in [0.1, 0.15) is 0 Å². The van der Waals surface area contributed by atoms with E-state index in [4.69, 9.17) is 9.72 Å². The summed E-state index contributed by atoms with van der Waals surface area (Å²) in [6.07, 6.45) is 1.67. The zero-order valence-corrected chi connectivity index (χ0v) is 16.9. The number of hydrogen-bond donors (Lipinski definition) is 1. The van der Waals surface area contributed by atoms with Gasteiger partial charge >= 0.3 is 0 Å². The summed E-state index contributed by atoms with van der Waals surface area (Å²) >= 11 is 1.40. The van der Waals surface area contributed by atoms with Crippen molar-refractivity contribution in [2.75, 3.05) is 7.11 Å². The van der Waals surface area contributed by atoms with E-state index in [0.717, 1.165) is 33.6 Å². The lowest BCUT2D eigenvalue weighted by Gasteiger charge is -2.13. The molecule has 5 aromatic rings. The van der Waals surface area contributed by atoms with E-state index in [2.05, 4.69) is 9.97 Å². The highest BCUT2D eigenvalue weighted by molar-refractivity contribution is 7.11. The lowest BCUT2D eigenvalue weighted by Crippen LogP contribution is -2.08. The molecule has 0 unspecified atom stereocenters. The molecule has 0 aliphatic heterocycles. The third-order valence-electron chi connectivity index (χ3n) is 4.94. The Morgan fingerprint density at radius 3 is 2.27 bits per heavy atom. The molecule has 3 aromatic heterocycles.